The Morgan fingerprint density at radius 2 is 1.85 bits per heavy atom. The van der Waals surface area contributed by atoms with E-state index in [1.165, 1.54) is 6.07 Å². The van der Waals surface area contributed by atoms with E-state index in [4.69, 9.17) is 9.47 Å². The van der Waals surface area contributed by atoms with Crippen molar-refractivity contribution in [2.45, 2.75) is 25.4 Å². The van der Waals surface area contributed by atoms with Crippen molar-refractivity contribution in [2.75, 3.05) is 26.3 Å². The fraction of sp³-hybridized carbons (Fsp3) is 0.381. The van der Waals surface area contributed by atoms with Gasteiger partial charge < -0.3 is 14.4 Å². The fourth-order valence-corrected chi connectivity index (χ4v) is 3.11. The summed E-state index contributed by atoms with van der Waals surface area (Å²) in [5.41, 5.74) is -0.205. The van der Waals surface area contributed by atoms with Crippen LogP contribution in [-0.2, 0) is 16.0 Å². The third-order valence-electron chi connectivity index (χ3n) is 4.56. The van der Waals surface area contributed by atoms with Crippen molar-refractivity contribution >= 4 is 5.91 Å². The van der Waals surface area contributed by atoms with E-state index in [1.54, 1.807) is 4.90 Å². The summed E-state index contributed by atoms with van der Waals surface area (Å²) in [5, 5.41) is 0. The van der Waals surface area contributed by atoms with Gasteiger partial charge in [0.15, 0.2) is 0 Å². The van der Waals surface area contributed by atoms with E-state index in [1.807, 2.05) is 30.3 Å². The molecule has 144 valence electrons. The molecule has 27 heavy (non-hydrogen) atoms. The summed E-state index contributed by atoms with van der Waals surface area (Å²) in [6.07, 6.45) is 1.46. The fourth-order valence-electron chi connectivity index (χ4n) is 3.11. The lowest BCUT2D eigenvalue weighted by molar-refractivity contribution is -0.132. The Morgan fingerprint density at radius 1 is 1.11 bits per heavy atom. The molecule has 4 nitrogen and oxygen atoms in total. The maximum atomic E-state index is 13.9. The standard InChI is InChI=1S/C21H23F2NO3/c22-19-9-4-10-20(23)18(19)14-21(25)24(15-17-8-5-12-26-17)11-13-27-16-6-2-1-3-7-16/h1-4,6-7,9-10,17H,5,8,11-15H2. The largest absolute Gasteiger partial charge is 0.492 e. The highest BCUT2D eigenvalue weighted by atomic mass is 19.1. The van der Waals surface area contributed by atoms with Gasteiger partial charge in [-0.25, -0.2) is 8.78 Å². The second-order valence-electron chi connectivity index (χ2n) is 6.51. The number of halogens is 2. The van der Waals surface area contributed by atoms with E-state index in [0.717, 1.165) is 25.0 Å². The number of para-hydroxylation sites is 1. The predicted octanol–water partition coefficient (Wildman–Crippen LogP) is 3.59. The van der Waals surface area contributed by atoms with Gasteiger partial charge in [0, 0.05) is 18.7 Å². The maximum absolute atomic E-state index is 13.9. The van der Waals surface area contributed by atoms with Crippen molar-refractivity contribution in [2.24, 2.45) is 0 Å². The molecule has 2 aromatic carbocycles. The highest BCUT2D eigenvalue weighted by molar-refractivity contribution is 5.79. The van der Waals surface area contributed by atoms with Crippen LogP contribution in [0.5, 0.6) is 5.75 Å². The molecule has 1 fully saturated rings. The van der Waals surface area contributed by atoms with E-state index in [-0.39, 0.29) is 24.0 Å². The van der Waals surface area contributed by atoms with Gasteiger partial charge >= 0.3 is 0 Å². The molecule has 0 N–H and O–H groups in total. The Hall–Kier alpha value is -2.47. The molecule has 1 heterocycles. The van der Waals surface area contributed by atoms with Crippen molar-refractivity contribution in [3.63, 3.8) is 0 Å². The van der Waals surface area contributed by atoms with Gasteiger partial charge in [-0.1, -0.05) is 24.3 Å². The van der Waals surface area contributed by atoms with Gasteiger partial charge in [-0.05, 0) is 37.1 Å². The summed E-state index contributed by atoms with van der Waals surface area (Å²) in [5.74, 6) is -1.05. The molecule has 1 aliphatic heterocycles. The minimum Gasteiger partial charge on any atom is -0.492 e. The molecule has 6 heteroatoms. The van der Waals surface area contributed by atoms with Crippen LogP contribution in [0.15, 0.2) is 48.5 Å². The summed E-state index contributed by atoms with van der Waals surface area (Å²) in [6, 6.07) is 12.9. The molecule has 0 aromatic heterocycles. The molecule has 1 atom stereocenters. The Kier molecular flexibility index (Phi) is 6.76. The molecule has 1 unspecified atom stereocenters. The monoisotopic (exact) mass is 375 g/mol. The average molecular weight is 375 g/mol. The molecule has 0 radical (unpaired) electrons. The van der Waals surface area contributed by atoms with Gasteiger partial charge in [0.25, 0.3) is 0 Å². The number of hydrogen-bond acceptors (Lipinski definition) is 3. The molecule has 2 aromatic rings. The van der Waals surface area contributed by atoms with E-state index in [0.29, 0.717) is 32.1 Å². The van der Waals surface area contributed by atoms with Crippen LogP contribution in [0.4, 0.5) is 8.78 Å². The van der Waals surface area contributed by atoms with Crippen LogP contribution in [0, 0.1) is 11.6 Å². The van der Waals surface area contributed by atoms with Crippen LogP contribution in [0.3, 0.4) is 0 Å². The van der Waals surface area contributed by atoms with E-state index >= 15 is 0 Å². The smallest absolute Gasteiger partial charge is 0.227 e. The topological polar surface area (TPSA) is 38.8 Å². The molecule has 1 amide bonds. The zero-order valence-electron chi connectivity index (χ0n) is 15.1. The number of carbonyl (C=O) groups excluding carboxylic acids is 1. The van der Waals surface area contributed by atoms with Gasteiger partial charge in [0.2, 0.25) is 5.91 Å². The lowest BCUT2D eigenvalue weighted by Crippen LogP contribution is -2.41. The first-order chi connectivity index (χ1) is 13.1. The van der Waals surface area contributed by atoms with Crippen molar-refractivity contribution < 1.29 is 23.0 Å². The van der Waals surface area contributed by atoms with Crippen LogP contribution >= 0.6 is 0 Å². The number of rotatable bonds is 8. The molecule has 3 rings (SSSR count). The summed E-state index contributed by atoms with van der Waals surface area (Å²) in [6.45, 7) is 1.69. The van der Waals surface area contributed by atoms with E-state index in [9.17, 15) is 13.6 Å². The first-order valence-corrected chi connectivity index (χ1v) is 9.13. The van der Waals surface area contributed by atoms with Crippen LogP contribution in [0.25, 0.3) is 0 Å². The highest BCUT2D eigenvalue weighted by Gasteiger charge is 2.24. The first kappa shape index (κ1) is 19.3. The Balaban J connectivity index is 1.63. The van der Waals surface area contributed by atoms with Crippen LogP contribution in [0.2, 0.25) is 0 Å². The number of amides is 1. The molecular weight excluding hydrogens is 352 g/mol. The zero-order valence-corrected chi connectivity index (χ0v) is 15.1. The lowest BCUT2D eigenvalue weighted by Gasteiger charge is -2.26. The van der Waals surface area contributed by atoms with Crippen molar-refractivity contribution in [3.05, 3.63) is 65.7 Å². The summed E-state index contributed by atoms with van der Waals surface area (Å²) in [7, 11) is 0. The van der Waals surface area contributed by atoms with Gasteiger partial charge in [-0.2, -0.15) is 0 Å². The normalized spacial score (nSPS) is 16.3. The molecule has 0 saturated carbocycles. The molecule has 1 saturated heterocycles. The Bertz CT molecular complexity index is 728. The van der Waals surface area contributed by atoms with Gasteiger partial charge in [0.05, 0.1) is 19.1 Å². The lowest BCUT2D eigenvalue weighted by atomic mass is 10.1. The van der Waals surface area contributed by atoms with Gasteiger partial charge in [-0.15, -0.1) is 0 Å². The Morgan fingerprint density at radius 3 is 2.52 bits per heavy atom. The van der Waals surface area contributed by atoms with E-state index < -0.39 is 11.6 Å². The zero-order chi connectivity index (χ0) is 19.1. The molecular formula is C21H23F2NO3. The average Bonchev–Trinajstić information content (AvgIpc) is 3.18. The van der Waals surface area contributed by atoms with Crippen LogP contribution < -0.4 is 4.74 Å². The van der Waals surface area contributed by atoms with Gasteiger partial charge in [-0.3, -0.25) is 4.79 Å². The molecule has 0 aliphatic carbocycles. The SMILES string of the molecule is O=C(Cc1c(F)cccc1F)N(CCOc1ccccc1)CC1CCCO1. The van der Waals surface area contributed by atoms with Crippen molar-refractivity contribution in [1.29, 1.82) is 0 Å². The van der Waals surface area contributed by atoms with Crippen LogP contribution in [-0.4, -0.2) is 43.2 Å². The maximum Gasteiger partial charge on any atom is 0.227 e. The second kappa shape index (κ2) is 9.46. The Labute approximate surface area is 157 Å². The van der Waals surface area contributed by atoms with Crippen molar-refractivity contribution in [3.8, 4) is 5.75 Å². The summed E-state index contributed by atoms with van der Waals surface area (Å²) < 4.78 is 39.1. The quantitative estimate of drug-likeness (QED) is 0.708. The summed E-state index contributed by atoms with van der Waals surface area (Å²) >= 11 is 0. The number of nitrogens with zero attached hydrogens (tertiary/aromatic N) is 1. The van der Waals surface area contributed by atoms with Crippen LogP contribution in [0.1, 0.15) is 18.4 Å². The third-order valence-corrected chi connectivity index (χ3v) is 4.56. The molecule has 0 spiro atoms. The minimum absolute atomic E-state index is 0.0452. The number of carbonyl (C=O) groups is 1. The molecule has 0 bridgehead atoms. The number of ether oxygens (including phenoxy) is 2. The van der Waals surface area contributed by atoms with Gasteiger partial charge in [0.1, 0.15) is 24.0 Å². The third kappa shape index (κ3) is 5.50. The second-order valence-corrected chi connectivity index (χ2v) is 6.51. The minimum atomic E-state index is -0.707. The van der Waals surface area contributed by atoms with Crippen molar-refractivity contribution in [1.82, 2.24) is 4.90 Å². The first-order valence-electron chi connectivity index (χ1n) is 9.13. The number of benzene rings is 2. The predicted molar refractivity (Wildman–Crippen MR) is 97.6 cm³/mol. The van der Waals surface area contributed by atoms with E-state index in [2.05, 4.69) is 0 Å². The summed E-state index contributed by atoms with van der Waals surface area (Å²) in [4.78, 5) is 14.3. The highest BCUT2D eigenvalue weighted by Crippen LogP contribution is 2.17. The number of hydrogen-bond donors (Lipinski definition) is 0. The molecule has 1 aliphatic rings.